The second kappa shape index (κ2) is 8.16. The molecule has 3 rings (SSSR count). The Hall–Kier alpha value is -2.64. The van der Waals surface area contributed by atoms with E-state index in [1.165, 1.54) is 6.33 Å². The van der Waals surface area contributed by atoms with Crippen LogP contribution in [0, 0.1) is 5.92 Å². The molecule has 26 heavy (non-hydrogen) atoms. The van der Waals surface area contributed by atoms with Crippen LogP contribution in [0.2, 0.25) is 0 Å². The quantitative estimate of drug-likeness (QED) is 0.883. The number of hydrogen-bond acceptors (Lipinski definition) is 5. The first-order chi connectivity index (χ1) is 12.5. The van der Waals surface area contributed by atoms with E-state index in [1.54, 1.807) is 10.9 Å². The van der Waals surface area contributed by atoms with E-state index in [1.807, 2.05) is 24.2 Å². The summed E-state index contributed by atoms with van der Waals surface area (Å²) in [5.41, 5.74) is 1.10. The SMILES string of the molecule is CC(C)C[C@@H](NC(=O)N1CCN(c2cccnc2)CC1)c1ncnn1C. The molecule has 0 saturated carbocycles. The van der Waals surface area contributed by atoms with Gasteiger partial charge in [0.05, 0.1) is 17.9 Å². The van der Waals surface area contributed by atoms with Gasteiger partial charge < -0.3 is 15.1 Å². The highest BCUT2D eigenvalue weighted by molar-refractivity contribution is 5.75. The molecule has 0 unspecified atom stereocenters. The van der Waals surface area contributed by atoms with Crippen LogP contribution in [0.5, 0.6) is 0 Å². The van der Waals surface area contributed by atoms with Crippen molar-refractivity contribution in [3.8, 4) is 0 Å². The predicted molar refractivity (Wildman–Crippen MR) is 99.8 cm³/mol. The number of nitrogens with zero attached hydrogens (tertiary/aromatic N) is 6. The maximum atomic E-state index is 12.8. The topological polar surface area (TPSA) is 79.2 Å². The highest BCUT2D eigenvalue weighted by Crippen LogP contribution is 2.20. The summed E-state index contributed by atoms with van der Waals surface area (Å²) in [5.74, 6) is 1.24. The van der Waals surface area contributed by atoms with E-state index in [4.69, 9.17) is 0 Å². The third kappa shape index (κ3) is 4.30. The van der Waals surface area contributed by atoms with Gasteiger partial charge in [-0.15, -0.1) is 0 Å². The summed E-state index contributed by atoms with van der Waals surface area (Å²) < 4.78 is 1.73. The number of anilines is 1. The molecule has 0 bridgehead atoms. The van der Waals surface area contributed by atoms with Gasteiger partial charge in [0.25, 0.3) is 0 Å². The normalized spacial score (nSPS) is 16.0. The van der Waals surface area contributed by atoms with E-state index >= 15 is 0 Å². The largest absolute Gasteiger partial charge is 0.367 e. The highest BCUT2D eigenvalue weighted by Gasteiger charge is 2.26. The van der Waals surface area contributed by atoms with Gasteiger partial charge in [-0.25, -0.2) is 9.78 Å². The zero-order chi connectivity index (χ0) is 18.5. The lowest BCUT2D eigenvalue weighted by molar-refractivity contribution is 0.187. The minimum Gasteiger partial charge on any atom is -0.367 e. The number of aryl methyl sites for hydroxylation is 1. The van der Waals surface area contributed by atoms with Crippen molar-refractivity contribution < 1.29 is 4.79 Å². The molecule has 0 spiro atoms. The third-order valence-corrected chi connectivity index (χ3v) is 4.64. The van der Waals surface area contributed by atoms with Gasteiger partial charge in [0.2, 0.25) is 0 Å². The number of urea groups is 1. The summed E-state index contributed by atoms with van der Waals surface area (Å²) in [6.45, 7) is 7.27. The van der Waals surface area contributed by atoms with E-state index in [0.29, 0.717) is 19.0 Å². The number of carbonyl (C=O) groups excluding carboxylic acids is 1. The van der Waals surface area contributed by atoms with Crippen molar-refractivity contribution in [1.29, 1.82) is 0 Å². The second-order valence-corrected chi connectivity index (χ2v) is 7.06. The average molecular weight is 357 g/mol. The number of rotatable bonds is 5. The number of hydrogen-bond donors (Lipinski definition) is 1. The van der Waals surface area contributed by atoms with Crippen LogP contribution in [-0.2, 0) is 7.05 Å². The second-order valence-electron chi connectivity index (χ2n) is 7.06. The van der Waals surface area contributed by atoms with E-state index < -0.39 is 0 Å². The molecule has 3 heterocycles. The van der Waals surface area contributed by atoms with Gasteiger partial charge >= 0.3 is 6.03 Å². The zero-order valence-electron chi connectivity index (χ0n) is 15.7. The molecule has 1 saturated heterocycles. The van der Waals surface area contributed by atoms with Crippen molar-refractivity contribution in [1.82, 2.24) is 30.0 Å². The molecule has 0 radical (unpaired) electrons. The number of piperazine rings is 1. The first-order valence-corrected chi connectivity index (χ1v) is 9.09. The minimum atomic E-state index is -0.133. The summed E-state index contributed by atoms with van der Waals surface area (Å²) in [7, 11) is 1.86. The molecular weight excluding hydrogens is 330 g/mol. The standard InChI is InChI=1S/C18H27N7O/c1-14(2)11-16(17-20-13-21-23(17)3)22-18(26)25-9-7-24(8-10-25)15-5-4-6-19-12-15/h4-6,12-14,16H,7-11H2,1-3H3,(H,22,26)/t16-/m1/s1. The maximum Gasteiger partial charge on any atom is 0.318 e. The van der Waals surface area contributed by atoms with Crippen LogP contribution in [0.4, 0.5) is 10.5 Å². The first kappa shape index (κ1) is 18.2. The Morgan fingerprint density at radius 1 is 1.27 bits per heavy atom. The van der Waals surface area contributed by atoms with Crippen LogP contribution >= 0.6 is 0 Å². The Balaban J connectivity index is 1.59. The number of nitrogens with one attached hydrogen (secondary N) is 1. The summed E-state index contributed by atoms with van der Waals surface area (Å²) in [6, 6.07) is 3.82. The molecule has 1 atom stereocenters. The number of pyridine rings is 1. The molecule has 140 valence electrons. The molecule has 1 aliphatic heterocycles. The summed E-state index contributed by atoms with van der Waals surface area (Å²) in [6.07, 6.45) is 5.99. The molecule has 1 fully saturated rings. The third-order valence-electron chi connectivity index (χ3n) is 4.64. The highest BCUT2D eigenvalue weighted by atomic mass is 16.2. The van der Waals surface area contributed by atoms with Crippen LogP contribution in [0.3, 0.4) is 0 Å². The fourth-order valence-electron chi connectivity index (χ4n) is 3.27. The van der Waals surface area contributed by atoms with Crippen LogP contribution in [0.25, 0.3) is 0 Å². The molecule has 1 N–H and O–H groups in total. The van der Waals surface area contributed by atoms with Crippen LogP contribution in [-0.4, -0.2) is 56.9 Å². The van der Waals surface area contributed by atoms with Gasteiger partial charge in [-0.1, -0.05) is 13.8 Å². The van der Waals surface area contributed by atoms with Crippen molar-refractivity contribution in [2.45, 2.75) is 26.3 Å². The molecule has 8 nitrogen and oxygen atoms in total. The maximum absolute atomic E-state index is 12.8. The molecule has 0 aromatic carbocycles. The number of amides is 2. The fraction of sp³-hybridized carbons (Fsp3) is 0.556. The summed E-state index contributed by atoms with van der Waals surface area (Å²) >= 11 is 0. The van der Waals surface area contributed by atoms with Crippen molar-refractivity contribution in [3.05, 3.63) is 36.7 Å². The van der Waals surface area contributed by atoms with E-state index in [2.05, 4.69) is 45.2 Å². The number of carbonyl (C=O) groups is 1. The molecular formula is C18H27N7O. The Labute approximate surface area is 154 Å². The van der Waals surface area contributed by atoms with Crippen molar-refractivity contribution >= 4 is 11.7 Å². The average Bonchev–Trinajstić information content (AvgIpc) is 3.07. The van der Waals surface area contributed by atoms with Gasteiger partial charge in [-0.05, 0) is 24.5 Å². The molecule has 2 aromatic rings. The molecule has 2 aromatic heterocycles. The predicted octanol–water partition coefficient (Wildman–Crippen LogP) is 1.83. The minimum absolute atomic E-state index is 0.0375. The van der Waals surface area contributed by atoms with Gasteiger partial charge in [-0.2, -0.15) is 5.10 Å². The lowest BCUT2D eigenvalue weighted by Crippen LogP contribution is -2.52. The lowest BCUT2D eigenvalue weighted by atomic mass is 10.0. The summed E-state index contributed by atoms with van der Waals surface area (Å²) in [5, 5.41) is 7.28. The molecule has 8 heteroatoms. The van der Waals surface area contributed by atoms with Gasteiger partial charge in [-0.3, -0.25) is 9.67 Å². The van der Waals surface area contributed by atoms with Crippen molar-refractivity contribution in [2.75, 3.05) is 31.1 Å². The van der Waals surface area contributed by atoms with E-state index in [-0.39, 0.29) is 12.1 Å². The first-order valence-electron chi connectivity index (χ1n) is 9.09. The van der Waals surface area contributed by atoms with Gasteiger partial charge in [0, 0.05) is 39.4 Å². The monoisotopic (exact) mass is 357 g/mol. The van der Waals surface area contributed by atoms with Crippen LogP contribution < -0.4 is 10.2 Å². The Bertz CT molecular complexity index is 707. The Morgan fingerprint density at radius 2 is 2.04 bits per heavy atom. The van der Waals surface area contributed by atoms with E-state index in [9.17, 15) is 4.79 Å². The molecule has 1 aliphatic rings. The zero-order valence-corrected chi connectivity index (χ0v) is 15.7. The molecule has 0 aliphatic carbocycles. The molecule has 2 amide bonds. The summed E-state index contributed by atoms with van der Waals surface area (Å²) in [4.78, 5) is 25.4. The van der Waals surface area contributed by atoms with Crippen molar-refractivity contribution in [2.24, 2.45) is 13.0 Å². The van der Waals surface area contributed by atoms with Gasteiger partial charge in [0.15, 0.2) is 0 Å². The van der Waals surface area contributed by atoms with Crippen LogP contribution in [0.1, 0.15) is 32.1 Å². The lowest BCUT2D eigenvalue weighted by Gasteiger charge is -2.36. The Morgan fingerprint density at radius 3 is 2.62 bits per heavy atom. The number of aromatic nitrogens is 4. The Kier molecular flexibility index (Phi) is 5.70. The smallest absolute Gasteiger partial charge is 0.318 e. The van der Waals surface area contributed by atoms with Crippen LogP contribution in [0.15, 0.2) is 30.9 Å². The van der Waals surface area contributed by atoms with Crippen molar-refractivity contribution in [3.63, 3.8) is 0 Å². The van der Waals surface area contributed by atoms with Gasteiger partial charge in [0.1, 0.15) is 12.2 Å². The van der Waals surface area contributed by atoms with E-state index in [0.717, 1.165) is 31.0 Å². The fourth-order valence-corrected chi connectivity index (χ4v) is 3.27.